The molecule has 2 heterocycles. The first-order valence-electron chi connectivity index (χ1n) is 11.2. The van der Waals surface area contributed by atoms with Gasteiger partial charge in [0.1, 0.15) is 0 Å². The van der Waals surface area contributed by atoms with Crippen molar-refractivity contribution < 1.29 is 4.74 Å². The average Bonchev–Trinajstić information content (AvgIpc) is 3.28. The maximum atomic E-state index is 6.06. The van der Waals surface area contributed by atoms with Crippen molar-refractivity contribution in [1.82, 2.24) is 15.5 Å². The molecule has 2 aliphatic heterocycles. The van der Waals surface area contributed by atoms with Crippen molar-refractivity contribution in [2.45, 2.75) is 37.3 Å². The molecule has 2 aromatic rings. The number of ether oxygens (including phenoxy) is 1. The largest absolute Gasteiger partial charge is 0.373 e. The van der Waals surface area contributed by atoms with Gasteiger partial charge in [0, 0.05) is 38.6 Å². The lowest BCUT2D eigenvalue weighted by atomic mass is 9.88. The van der Waals surface area contributed by atoms with Crippen LogP contribution in [0.4, 0.5) is 0 Å². The van der Waals surface area contributed by atoms with Crippen LogP contribution in [-0.2, 0) is 4.74 Å². The number of hydrogen-bond acceptors (Lipinski definition) is 3. The fraction of sp³-hybridized carbons (Fsp3) is 0.480. The van der Waals surface area contributed by atoms with E-state index in [2.05, 4.69) is 81.2 Å². The van der Waals surface area contributed by atoms with Crippen molar-refractivity contribution in [2.24, 2.45) is 4.99 Å². The van der Waals surface area contributed by atoms with Gasteiger partial charge in [-0.3, -0.25) is 9.89 Å². The number of nitrogens with zero attached hydrogens (tertiary/aromatic N) is 2. The predicted molar refractivity (Wildman–Crippen MR) is 138 cm³/mol. The lowest BCUT2D eigenvalue weighted by Gasteiger charge is -2.35. The molecular weight excluding hydrogens is 499 g/mol. The molecule has 0 radical (unpaired) electrons. The zero-order valence-electron chi connectivity index (χ0n) is 18.4. The van der Waals surface area contributed by atoms with Crippen molar-refractivity contribution in [3.05, 3.63) is 71.8 Å². The molecule has 0 saturated carbocycles. The summed E-state index contributed by atoms with van der Waals surface area (Å²) in [5.74, 6) is 1.22. The van der Waals surface area contributed by atoms with E-state index >= 15 is 0 Å². The van der Waals surface area contributed by atoms with Gasteiger partial charge in [0.05, 0.1) is 12.7 Å². The quantitative estimate of drug-likeness (QED) is 0.322. The molecule has 4 rings (SSSR count). The van der Waals surface area contributed by atoms with Crippen LogP contribution in [0.15, 0.2) is 65.7 Å². The molecule has 31 heavy (non-hydrogen) atoms. The number of hydrogen-bond donors (Lipinski definition) is 2. The number of nitrogens with one attached hydrogen (secondary N) is 2. The van der Waals surface area contributed by atoms with Gasteiger partial charge in [0.15, 0.2) is 5.96 Å². The van der Waals surface area contributed by atoms with E-state index in [-0.39, 0.29) is 30.1 Å². The van der Waals surface area contributed by atoms with Crippen molar-refractivity contribution >= 4 is 29.9 Å². The van der Waals surface area contributed by atoms with Gasteiger partial charge < -0.3 is 15.4 Å². The van der Waals surface area contributed by atoms with Crippen LogP contribution >= 0.6 is 24.0 Å². The van der Waals surface area contributed by atoms with Crippen molar-refractivity contribution in [3.63, 3.8) is 0 Å². The van der Waals surface area contributed by atoms with E-state index in [0.29, 0.717) is 12.0 Å². The molecule has 2 unspecified atom stereocenters. The molecule has 0 aromatic heterocycles. The minimum atomic E-state index is 0. The van der Waals surface area contributed by atoms with E-state index in [1.807, 2.05) is 7.05 Å². The Balaban J connectivity index is 0.00000272. The van der Waals surface area contributed by atoms with E-state index in [1.54, 1.807) is 0 Å². The number of fused-ring (bicyclic) bond motifs is 1. The predicted octanol–water partition coefficient (Wildman–Crippen LogP) is 3.85. The van der Waals surface area contributed by atoms with E-state index < -0.39 is 0 Å². The molecule has 0 amide bonds. The van der Waals surface area contributed by atoms with Crippen LogP contribution in [0.5, 0.6) is 0 Å². The summed E-state index contributed by atoms with van der Waals surface area (Å²) in [7, 11) is 1.83. The second-order valence-electron chi connectivity index (χ2n) is 8.29. The highest BCUT2D eigenvalue weighted by Gasteiger charge is 2.32. The highest BCUT2D eigenvalue weighted by atomic mass is 127. The Kier molecular flexibility index (Phi) is 9.61. The maximum absolute atomic E-state index is 6.06. The molecular formula is C25H35IN4O. The summed E-state index contributed by atoms with van der Waals surface area (Å²) in [5, 5.41) is 6.95. The summed E-state index contributed by atoms with van der Waals surface area (Å²) in [6.07, 6.45) is 3.83. The van der Waals surface area contributed by atoms with E-state index in [0.717, 1.165) is 38.6 Å². The fourth-order valence-corrected chi connectivity index (χ4v) is 4.67. The molecule has 2 fully saturated rings. The summed E-state index contributed by atoms with van der Waals surface area (Å²) in [6.45, 7) is 4.77. The van der Waals surface area contributed by atoms with Crippen LogP contribution in [0.25, 0.3) is 0 Å². The van der Waals surface area contributed by atoms with Crippen LogP contribution in [0.3, 0.4) is 0 Å². The second-order valence-corrected chi connectivity index (χ2v) is 8.29. The molecule has 2 aliphatic rings. The third kappa shape index (κ3) is 6.67. The van der Waals surface area contributed by atoms with Gasteiger partial charge in [-0.2, -0.15) is 0 Å². The fourth-order valence-electron chi connectivity index (χ4n) is 4.67. The molecule has 0 aliphatic carbocycles. The normalized spacial score (nSPS) is 21.4. The van der Waals surface area contributed by atoms with Gasteiger partial charge in [0.25, 0.3) is 0 Å². The number of aliphatic imine (C=N–C) groups is 1. The van der Waals surface area contributed by atoms with Crippen molar-refractivity contribution in [2.75, 3.05) is 39.8 Å². The highest BCUT2D eigenvalue weighted by molar-refractivity contribution is 14.0. The van der Waals surface area contributed by atoms with Crippen LogP contribution in [0.1, 0.15) is 36.3 Å². The zero-order chi connectivity index (χ0) is 20.6. The third-order valence-corrected chi connectivity index (χ3v) is 6.31. The number of benzene rings is 2. The standard InChI is InChI=1S/C25H34N4O.HI/c1-26-25(28-17-23-18-29-16-8-13-22(29)19-30-23)27-15-14-24(20-9-4-2-5-10-20)21-11-6-3-7-12-21;/h2-7,9-12,22-24H,8,13-19H2,1H3,(H2,26,27,28);1H. The minimum Gasteiger partial charge on any atom is -0.373 e. The minimum absolute atomic E-state index is 0. The van der Waals surface area contributed by atoms with E-state index in [4.69, 9.17) is 4.74 Å². The molecule has 0 bridgehead atoms. The Labute approximate surface area is 203 Å². The SMILES string of the molecule is CN=C(NCCC(c1ccccc1)c1ccccc1)NCC1CN2CCCC2CO1.I. The lowest BCUT2D eigenvalue weighted by molar-refractivity contribution is -0.0453. The first-order chi connectivity index (χ1) is 14.8. The molecule has 5 nitrogen and oxygen atoms in total. The summed E-state index contributed by atoms with van der Waals surface area (Å²) in [5.41, 5.74) is 2.70. The van der Waals surface area contributed by atoms with Crippen LogP contribution in [0, 0.1) is 0 Å². The second kappa shape index (κ2) is 12.4. The summed E-state index contributed by atoms with van der Waals surface area (Å²) < 4.78 is 6.06. The van der Waals surface area contributed by atoms with Crippen molar-refractivity contribution in [1.29, 1.82) is 0 Å². The smallest absolute Gasteiger partial charge is 0.191 e. The molecule has 2 N–H and O–H groups in total. The molecule has 2 atom stereocenters. The van der Waals surface area contributed by atoms with Gasteiger partial charge in [-0.1, -0.05) is 60.7 Å². The Morgan fingerprint density at radius 2 is 1.74 bits per heavy atom. The lowest BCUT2D eigenvalue weighted by Crippen LogP contribution is -2.51. The molecule has 168 valence electrons. The first-order valence-corrected chi connectivity index (χ1v) is 11.2. The number of halogens is 1. The van der Waals surface area contributed by atoms with Gasteiger partial charge in [-0.15, -0.1) is 24.0 Å². The van der Waals surface area contributed by atoms with Crippen molar-refractivity contribution in [3.8, 4) is 0 Å². The summed E-state index contributed by atoms with van der Waals surface area (Å²) >= 11 is 0. The Morgan fingerprint density at radius 3 is 2.39 bits per heavy atom. The Morgan fingerprint density at radius 1 is 1.06 bits per heavy atom. The first kappa shape index (κ1) is 24.0. The van der Waals surface area contributed by atoms with Crippen LogP contribution < -0.4 is 10.6 Å². The monoisotopic (exact) mass is 534 g/mol. The maximum Gasteiger partial charge on any atom is 0.191 e. The molecule has 6 heteroatoms. The summed E-state index contributed by atoms with van der Waals surface area (Å²) in [4.78, 5) is 6.99. The van der Waals surface area contributed by atoms with Gasteiger partial charge >= 0.3 is 0 Å². The highest BCUT2D eigenvalue weighted by Crippen LogP contribution is 2.27. The number of rotatable bonds is 7. The molecule has 0 spiro atoms. The average molecular weight is 534 g/mol. The number of morpholine rings is 1. The van der Waals surface area contributed by atoms with Crippen LogP contribution in [0.2, 0.25) is 0 Å². The number of guanidine groups is 1. The zero-order valence-corrected chi connectivity index (χ0v) is 20.7. The van der Waals surface area contributed by atoms with Gasteiger partial charge in [-0.05, 0) is 36.9 Å². The van der Waals surface area contributed by atoms with Crippen LogP contribution in [-0.4, -0.2) is 62.8 Å². The molecule has 2 aromatic carbocycles. The van der Waals surface area contributed by atoms with E-state index in [9.17, 15) is 0 Å². The topological polar surface area (TPSA) is 48.9 Å². The molecule has 2 saturated heterocycles. The third-order valence-electron chi connectivity index (χ3n) is 6.31. The van der Waals surface area contributed by atoms with Gasteiger partial charge in [-0.25, -0.2) is 0 Å². The summed E-state index contributed by atoms with van der Waals surface area (Å²) in [6, 6.07) is 22.2. The van der Waals surface area contributed by atoms with Gasteiger partial charge in [0.2, 0.25) is 0 Å². The Hall–Kier alpha value is -1.64. The Bertz CT molecular complexity index is 762. The van der Waals surface area contributed by atoms with E-state index in [1.165, 1.54) is 30.5 Å².